The third kappa shape index (κ3) is 7.23. The second-order valence-electron chi connectivity index (χ2n) is 8.57. The number of sulfonamides is 1. The number of rotatable bonds is 12. The van der Waals surface area contributed by atoms with Gasteiger partial charge in [0.1, 0.15) is 18.3 Å². The molecule has 1 unspecified atom stereocenters. The normalized spacial score (nSPS) is 11.9. The van der Waals surface area contributed by atoms with Gasteiger partial charge in [-0.2, -0.15) is 0 Å². The van der Waals surface area contributed by atoms with E-state index in [1.54, 1.807) is 62.4 Å². The molecule has 208 valence electrons. The monoisotopic (exact) mass is 591 g/mol. The Kier molecular flexibility index (Phi) is 10.6. The fraction of sp³-hybridized carbons (Fsp3) is 0.286. The molecule has 0 aromatic heterocycles. The Morgan fingerprint density at radius 1 is 0.974 bits per heavy atom. The lowest BCUT2D eigenvalue weighted by Gasteiger charge is -2.33. The zero-order chi connectivity index (χ0) is 28.6. The van der Waals surface area contributed by atoms with Crippen LogP contribution in [0.2, 0.25) is 10.0 Å². The van der Waals surface area contributed by atoms with Crippen LogP contribution in [0.5, 0.6) is 5.75 Å². The van der Waals surface area contributed by atoms with Gasteiger partial charge in [-0.25, -0.2) is 8.42 Å². The molecular formula is C28H31Cl2N3O5S. The van der Waals surface area contributed by atoms with E-state index < -0.39 is 28.5 Å². The lowest BCUT2D eigenvalue weighted by atomic mass is 10.1. The van der Waals surface area contributed by atoms with Gasteiger partial charge < -0.3 is 15.0 Å². The number of hydrogen-bond acceptors (Lipinski definition) is 5. The van der Waals surface area contributed by atoms with Crippen molar-refractivity contribution in [3.8, 4) is 5.75 Å². The fourth-order valence-electron chi connectivity index (χ4n) is 4.11. The van der Waals surface area contributed by atoms with E-state index in [0.717, 1.165) is 4.31 Å². The van der Waals surface area contributed by atoms with Crippen LogP contribution in [0.25, 0.3) is 0 Å². The summed E-state index contributed by atoms with van der Waals surface area (Å²) in [6, 6.07) is 18.4. The minimum atomic E-state index is -4.26. The highest BCUT2D eigenvalue weighted by Crippen LogP contribution is 2.35. The van der Waals surface area contributed by atoms with Crippen LogP contribution in [0.15, 0.2) is 77.7 Å². The van der Waals surface area contributed by atoms with Crippen LogP contribution in [0.3, 0.4) is 0 Å². The van der Waals surface area contributed by atoms with Gasteiger partial charge in [0, 0.05) is 23.1 Å². The summed E-state index contributed by atoms with van der Waals surface area (Å²) in [6.45, 7) is 3.32. The molecular weight excluding hydrogens is 561 g/mol. The number of ether oxygens (including phenoxy) is 1. The predicted molar refractivity (Wildman–Crippen MR) is 154 cm³/mol. The van der Waals surface area contributed by atoms with E-state index in [2.05, 4.69) is 5.32 Å². The van der Waals surface area contributed by atoms with E-state index >= 15 is 0 Å². The second-order valence-corrected chi connectivity index (χ2v) is 11.3. The Labute approximate surface area is 239 Å². The molecule has 11 heteroatoms. The molecule has 1 N–H and O–H groups in total. The highest BCUT2D eigenvalue weighted by molar-refractivity contribution is 7.92. The summed E-state index contributed by atoms with van der Waals surface area (Å²) in [5.41, 5.74) is 0.707. The molecule has 0 bridgehead atoms. The number of halogens is 2. The maximum atomic E-state index is 14.0. The van der Waals surface area contributed by atoms with Crippen molar-refractivity contribution < 1.29 is 22.7 Å². The molecule has 1 atom stereocenters. The summed E-state index contributed by atoms with van der Waals surface area (Å²) < 4.78 is 34.2. The Hall–Kier alpha value is -3.27. The van der Waals surface area contributed by atoms with E-state index in [1.165, 1.54) is 36.3 Å². The number of nitrogens with one attached hydrogen (secondary N) is 1. The third-order valence-electron chi connectivity index (χ3n) is 6.06. The van der Waals surface area contributed by atoms with Crippen LogP contribution < -0.4 is 14.4 Å². The average molecular weight is 593 g/mol. The summed E-state index contributed by atoms with van der Waals surface area (Å²) in [5.74, 6) is -0.743. The van der Waals surface area contributed by atoms with E-state index in [-0.39, 0.29) is 33.8 Å². The molecule has 0 heterocycles. The van der Waals surface area contributed by atoms with Gasteiger partial charge in [0.15, 0.2) is 0 Å². The first-order chi connectivity index (χ1) is 18.6. The molecule has 0 saturated heterocycles. The average Bonchev–Trinajstić information content (AvgIpc) is 2.93. The van der Waals surface area contributed by atoms with Crippen molar-refractivity contribution in [1.29, 1.82) is 0 Å². The SMILES string of the molecule is CCNC(=O)C(CC)N(Cc1ccccc1Cl)C(=O)CN(c1cc(Cl)ccc1OC)S(=O)(=O)c1ccccc1. The van der Waals surface area contributed by atoms with Crippen LogP contribution in [-0.4, -0.2) is 51.4 Å². The maximum absolute atomic E-state index is 14.0. The van der Waals surface area contributed by atoms with Gasteiger partial charge in [0.2, 0.25) is 11.8 Å². The summed E-state index contributed by atoms with van der Waals surface area (Å²) in [6.07, 6.45) is 0.300. The maximum Gasteiger partial charge on any atom is 0.264 e. The van der Waals surface area contributed by atoms with Crippen molar-refractivity contribution in [3.63, 3.8) is 0 Å². The third-order valence-corrected chi connectivity index (χ3v) is 8.43. The van der Waals surface area contributed by atoms with Crippen molar-refractivity contribution in [2.45, 2.75) is 37.8 Å². The van der Waals surface area contributed by atoms with Gasteiger partial charge in [0.25, 0.3) is 10.0 Å². The van der Waals surface area contributed by atoms with Crippen LogP contribution >= 0.6 is 23.2 Å². The Bertz CT molecular complexity index is 1400. The summed E-state index contributed by atoms with van der Waals surface area (Å²) in [5, 5.41) is 3.44. The number of anilines is 1. The van der Waals surface area contributed by atoms with Gasteiger partial charge in [-0.1, -0.05) is 66.5 Å². The summed E-state index contributed by atoms with van der Waals surface area (Å²) in [4.78, 5) is 28.4. The van der Waals surface area contributed by atoms with Crippen molar-refractivity contribution in [2.75, 3.05) is 24.5 Å². The van der Waals surface area contributed by atoms with Crippen molar-refractivity contribution in [1.82, 2.24) is 10.2 Å². The molecule has 3 aromatic carbocycles. The highest BCUT2D eigenvalue weighted by atomic mass is 35.5. The molecule has 0 aliphatic carbocycles. The molecule has 0 radical (unpaired) electrons. The van der Waals surface area contributed by atoms with Crippen molar-refractivity contribution in [3.05, 3.63) is 88.4 Å². The zero-order valence-electron chi connectivity index (χ0n) is 21.9. The minimum Gasteiger partial charge on any atom is -0.495 e. The Morgan fingerprint density at radius 3 is 2.26 bits per heavy atom. The molecule has 8 nitrogen and oxygen atoms in total. The van der Waals surface area contributed by atoms with E-state index in [0.29, 0.717) is 23.6 Å². The zero-order valence-corrected chi connectivity index (χ0v) is 24.3. The summed E-state index contributed by atoms with van der Waals surface area (Å²) >= 11 is 12.6. The van der Waals surface area contributed by atoms with Crippen molar-refractivity contribution >= 4 is 50.7 Å². The number of carbonyl (C=O) groups is 2. The Morgan fingerprint density at radius 2 is 1.64 bits per heavy atom. The second kappa shape index (κ2) is 13.7. The first kappa shape index (κ1) is 30.3. The molecule has 39 heavy (non-hydrogen) atoms. The van der Waals surface area contributed by atoms with Crippen LogP contribution in [-0.2, 0) is 26.2 Å². The molecule has 0 fully saturated rings. The molecule has 0 saturated carbocycles. The van der Waals surface area contributed by atoms with Gasteiger partial charge in [-0.15, -0.1) is 0 Å². The first-order valence-electron chi connectivity index (χ1n) is 12.4. The summed E-state index contributed by atoms with van der Waals surface area (Å²) in [7, 11) is -2.86. The lowest BCUT2D eigenvalue weighted by Crippen LogP contribution is -2.52. The minimum absolute atomic E-state index is 0.0000526. The molecule has 0 aliphatic rings. The van der Waals surface area contributed by atoms with Gasteiger partial charge >= 0.3 is 0 Å². The topological polar surface area (TPSA) is 96.0 Å². The van der Waals surface area contributed by atoms with Gasteiger partial charge in [-0.3, -0.25) is 13.9 Å². The predicted octanol–water partition coefficient (Wildman–Crippen LogP) is 5.14. The largest absolute Gasteiger partial charge is 0.495 e. The molecule has 2 amide bonds. The standard InChI is InChI=1S/C28H31Cl2N3O5S/c1-4-24(28(35)31-5-2)32(18-20-11-9-10-14-23(20)30)27(34)19-33(25-17-21(29)15-16-26(25)38-3)39(36,37)22-12-7-6-8-13-22/h6-17,24H,4-5,18-19H2,1-3H3,(H,31,35). The van der Waals surface area contributed by atoms with Crippen LogP contribution in [0, 0.1) is 0 Å². The number of amides is 2. The fourth-order valence-corrected chi connectivity index (χ4v) is 5.91. The number of benzene rings is 3. The quantitative estimate of drug-likeness (QED) is 0.314. The smallest absolute Gasteiger partial charge is 0.264 e. The number of methoxy groups -OCH3 is 1. The first-order valence-corrected chi connectivity index (χ1v) is 14.6. The molecule has 0 aliphatic heterocycles. The number of carbonyl (C=O) groups excluding carboxylic acids is 2. The van der Waals surface area contributed by atoms with E-state index in [9.17, 15) is 18.0 Å². The number of nitrogens with zero attached hydrogens (tertiary/aromatic N) is 2. The number of likely N-dealkylation sites (N-methyl/N-ethyl adjacent to an activating group) is 1. The molecule has 3 aromatic rings. The van der Waals surface area contributed by atoms with Crippen LogP contribution in [0.4, 0.5) is 5.69 Å². The Balaban J connectivity index is 2.13. The highest BCUT2D eigenvalue weighted by Gasteiger charge is 2.35. The van der Waals surface area contributed by atoms with E-state index in [4.69, 9.17) is 27.9 Å². The molecule has 3 rings (SSSR count). The molecule has 0 spiro atoms. The lowest BCUT2D eigenvalue weighted by molar-refractivity contribution is -0.140. The van der Waals surface area contributed by atoms with E-state index in [1.807, 2.05) is 0 Å². The number of hydrogen-bond donors (Lipinski definition) is 1. The van der Waals surface area contributed by atoms with Crippen molar-refractivity contribution in [2.24, 2.45) is 0 Å². The van der Waals surface area contributed by atoms with Gasteiger partial charge in [-0.05, 0) is 55.3 Å². The van der Waals surface area contributed by atoms with Gasteiger partial charge in [0.05, 0.1) is 17.7 Å². The van der Waals surface area contributed by atoms with Crippen LogP contribution in [0.1, 0.15) is 25.8 Å².